The molecule has 1 heterocycles. The molecule has 0 saturated carbocycles. The first-order valence-electron chi connectivity index (χ1n) is 21.3. The van der Waals surface area contributed by atoms with Crippen molar-refractivity contribution in [2.75, 3.05) is 43.3 Å². The van der Waals surface area contributed by atoms with E-state index in [2.05, 4.69) is 74.4 Å². The number of aryl methyl sites for hydroxylation is 1. The van der Waals surface area contributed by atoms with Gasteiger partial charge in [0.15, 0.2) is 15.6 Å². The number of rotatable bonds is 27. The number of benzene rings is 5. The largest absolute Gasteiger partial charge is 0.505 e. The van der Waals surface area contributed by atoms with Gasteiger partial charge >= 0.3 is 20.8 Å². The normalized spacial score (nSPS) is 12.6. The van der Waals surface area contributed by atoms with Crippen LogP contribution in [0, 0.1) is 6.92 Å². The molecular weight excluding hydrogens is 1250 g/mol. The van der Waals surface area contributed by atoms with Gasteiger partial charge in [-0.3, -0.25) is 13.7 Å². The van der Waals surface area contributed by atoms with Crippen molar-refractivity contribution in [3.05, 3.63) is 89.2 Å². The highest BCUT2D eigenvalue weighted by molar-refractivity contribution is 7.96. The lowest BCUT2D eigenvalue weighted by Crippen LogP contribution is -2.21. The van der Waals surface area contributed by atoms with E-state index in [4.69, 9.17) is 40.7 Å². The summed E-state index contributed by atoms with van der Waals surface area (Å²) in [4.78, 5) is 12.0. The molecule has 0 unspecified atom stereocenters. The number of hydrogen-bond donors (Lipinski definition) is 7. The van der Waals surface area contributed by atoms with Crippen molar-refractivity contribution in [3.63, 3.8) is 0 Å². The van der Waals surface area contributed by atoms with E-state index in [0.29, 0.717) is 12.0 Å². The van der Waals surface area contributed by atoms with Gasteiger partial charge in [0, 0.05) is 29.8 Å². The second kappa shape index (κ2) is 26.1. The molecular formula is C40H38ClN9O24S7. The lowest BCUT2D eigenvalue weighted by atomic mass is 10.1. The van der Waals surface area contributed by atoms with Crippen molar-refractivity contribution >= 4 is 143 Å². The zero-order valence-corrected chi connectivity index (χ0v) is 47.5. The van der Waals surface area contributed by atoms with Gasteiger partial charge in [-0.2, -0.15) is 40.2 Å². The number of sulfone groups is 2. The van der Waals surface area contributed by atoms with Crippen molar-refractivity contribution in [2.24, 2.45) is 20.5 Å². The van der Waals surface area contributed by atoms with Crippen molar-refractivity contribution in [2.45, 2.75) is 38.3 Å². The van der Waals surface area contributed by atoms with Crippen LogP contribution in [0.3, 0.4) is 0 Å². The predicted molar refractivity (Wildman–Crippen MR) is 282 cm³/mol. The second-order valence-electron chi connectivity index (χ2n) is 15.3. The van der Waals surface area contributed by atoms with E-state index in [1.807, 2.05) is 0 Å². The number of fused-ring (bicyclic) bond motifs is 1. The van der Waals surface area contributed by atoms with Gasteiger partial charge in [0.05, 0.1) is 80.8 Å². The molecule has 33 nitrogen and oxygen atoms in total. The van der Waals surface area contributed by atoms with Crippen molar-refractivity contribution in [1.82, 2.24) is 15.0 Å². The zero-order valence-electron chi connectivity index (χ0n) is 41.0. The van der Waals surface area contributed by atoms with E-state index in [-0.39, 0.29) is 95.5 Å². The first kappa shape index (κ1) is 63.6. The molecule has 436 valence electrons. The molecule has 0 aliphatic rings. The summed E-state index contributed by atoms with van der Waals surface area (Å²) in [6, 6.07) is 12.7. The highest BCUT2D eigenvalue weighted by atomic mass is 35.5. The number of phenols is 1. The average Bonchev–Trinajstić information content (AvgIpc) is 3.46. The molecule has 0 saturated heterocycles. The van der Waals surface area contributed by atoms with E-state index in [9.17, 15) is 51.7 Å². The lowest BCUT2D eigenvalue weighted by Gasteiger charge is -2.22. The number of hydrogen-bond acceptors (Lipinski definition) is 32. The Kier molecular flexibility index (Phi) is 20.5. The first-order chi connectivity index (χ1) is 37.9. The number of nitrogens with zero attached hydrogens (tertiary/aromatic N) is 8. The Morgan fingerprint density at radius 1 is 0.753 bits per heavy atom. The Morgan fingerprint density at radius 2 is 1.38 bits per heavy atom. The third kappa shape index (κ3) is 16.1. The number of aromatic hydroxyl groups is 1. The molecule has 1 aromatic heterocycles. The molecule has 0 amide bonds. The molecule has 5 aromatic carbocycles. The maximum atomic E-state index is 13.1. The van der Waals surface area contributed by atoms with Crippen LogP contribution in [-0.2, 0) is 77.7 Å². The van der Waals surface area contributed by atoms with Gasteiger partial charge in [0.2, 0.25) is 32.1 Å². The van der Waals surface area contributed by atoms with Gasteiger partial charge < -0.3 is 29.0 Å². The maximum absolute atomic E-state index is 13.1. The number of azo groups is 2. The van der Waals surface area contributed by atoms with Crippen LogP contribution in [0.5, 0.6) is 17.2 Å². The third-order valence-electron chi connectivity index (χ3n) is 10.3. The number of methoxy groups -OCH3 is 2. The molecule has 41 heteroatoms. The molecule has 6 aromatic rings. The third-order valence-corrected chi connectivity index (χ3v) is 16.9. The fourth-order valence-electron chi connectivity index (χ4n) is 6.87. The minimum Gasteiger partial charge on any atom is -0.505 e. The van der Waals surface area contributed by atoms with Crippen LogP contribution in [0.15, 0.2) is 123 Å². The number of anilines is 4. The minimum atomic E-state index is -5.27. The Morgan fingerprint density at radius 3 is 2.00 bits per heavy atom. The minimum absolute atomic E-state index is 0.0340. The smallest absolute Gasteiger partial charge is 0.447 e. The summed E-state index contributed by atoms with van der Waals surface area (Å²) in [7, 11) is -21.9. The molecule has 6 rings (SSSR count). The number of phenolic OH excluding ortho intramolecular Hbond substituents is 1. The highest BCUT2D eigenvalue weighted by Gasteiger charge is 2.29. The Labute approximate surface area is 471 Å². The summed E-state index contributed by atoms with van der Waals surface area (Å²) >= 11 is 6.92. The lowest BCUT2D eigenvalue weighted by molar-refractivity contribution is -0.432. The average molecular weight is 1290 g/mol. The van der Waals surface area contributed by atoms with Crippen LogP contribution < -0.4 is 19.7 Å². The molecule has 7 N–H and O–H groups in total. The summed E-state index contributed by atoms with van der Waals surface area (Å²) in [5.41, 5.74) is -1.15. The van der Waals surface area contributed by atoms with Crippen molar-refractivity contribution < 1.29 is 108 Å². The van der Waals surface area contributed by atoms with Crippen LogP contribution >= 0.6 is 35.7 Å². The number of aromatic nitrogens is 3. The molecule has 0 atom stereocenters. The topological polar surface area (TPSA) is 469 Å². The molecule has 0 spiro atoms. The van der Waals surface area contributed by atoms with Crippen LogP contribution in [0.4, 0.5) is 46.0 Å². The quantitative estimate of drug-likeness (QED) is 0.00637. The van der Waals surface area contributed by atoms with E-state index < -0.39 is 101 Å². The van der Waals surface area contributed by atoms with E-state index in [1.165, 1.54) is 61.4 Å². The molecule has 0 aliphatic heterocycles. The fourth-order valence-corrected chi connectivity index (χ4v) is 11.9. The summed E-state index contributed by atoms with van der Waals surface area (Å²) in [6.07, 6.45) is 0. The SMILES string of the molecule is C=C(OS(=O)(=O)O)S(=O)(=O)c1cc(OC)c(N=Nc2cc(OC)c(N=Nc3c(SOOO)cc4cc(S(=O)(=O)O)cc(Nc5nc(Cl)nc(N(CC)c6cccc(S(=O)(=O)CCOS(=O)(=O)O)c6)n5)c4c3O)cc2SOOO)cc1C. The Hall–Kier alpha value is -6.55. The van der Waals surface area contributed by atoms with E-state index in [0.717, 1.165) is 31.4 Å². The maximum Gasteiger partial charge on any atom is 0.447 e. The summed E-state index contributed by atoms with van der Waals surface area (Å²) in [6.45, 7) is 5.11. The molecule has 0 aliphatic carbocycles. The van der Waals surface area contributed by atoms with Crippen molar-refractivity contribution in [1.29, 1.82) is 0 Å². The van der Waals surface area contributed by atoms with Crippen molar-refractivity contribution in [3.8, 4) is 17.2 Å². The molecule has 0 radical (unpaired) electrons. The second-order valence-corrected chi connectivity index (χ2v) is 24.7. The van der Waals surface area contributed by atoms with Gasteiger partial charge in [-0.15, -0.1) is 29.1 Å². The Bertz CT molecular complexity index is 4070. The van der Waals surface area contributed by atoms with Crippen LogP contribution in [0.2, 0.25) is 5.28 Å². The Balaban J connectivity index is 1.44. The van der Waals surface area contributed by atoms with Crippen LogP contribution in [0.25, 0.3) is 10.8 Å². The van der Waals surface area contributed by atoms with Gasteiger partial charge in [0.1, 0.15) is 34.2 Å². The van der Waals surface area contributed by atoms with E-state index >= 15 is 0 Å². The zero-order chi connectivity index (χ0) is 59.8. The van der Waals surface area contributed by atoms with E-state index in [1.54, 1.807) is 6.92 Å². The number of halogens is 1. The summed E-state index contributed by atoms with van der Waals surface area (Å²) in [5, 5.41) is 54.9. The fraction of sp³-hybridized carbons (Fsp3) is 0.175. The number of nitrogens with one attached hydrogen (secondary N) is 1. The van der Waals surface area contributed by atoms with Crippen LogP contribution in [-0.4, -0.2) is 119 Å². The first-order valence-corrected chi connectivity index (χ1v) is 30.5. The standard InChI is InChI=1S/C40H38ClN9O24S7/c1-6-50(23-8-7-9-24(15-23)77(54,55)11-10-69-80(61,62)63)40-44-38(41)43-39(45-40)42-29-16-25(79(58,59)60)13-22-14-33(76-74-72-53)36(37(51)35(22)29)49-47-27-18-32(75-73-71-52)28(17-30(27)67-4)48-46-26-12-20(2)34(19-31(26)68-5)78(56,57)21(3)70-81(64,65)66/h7-9,12-19,51-53H,3,6,10-11H2,1-2,4-5H3,(H,58,59,60)(H,61,62,63)(H,64,65,66)(H,42,43,44,45). The van der Waals surface area contributed by atoms with Crippen LogP contribution in [0.1, 0.15) is 12.5 Å². The van der Waals surface area contributed by atoms with Gasteiger partial charge in [-0.1, -0.05) is 16.1 Å². The summed E-state index contributed by atoms with van der Waals surface area (Å²) in [5.74, 6) is -2.69. The predicted octanol–water partition coefficient (Wildman–Crippen LogP) is 8.20. The molecule has 0 bridgehead atoms. The number of ether oxygens (including phenoxy) is 2. The van der Waals surface area contributed by atoms with Gasteiger partial charge in [0.25, 0.3) is 10.1 Å². The molecule has 0 fully saturated rings. The molecule has 81 heavy (non-hydrogen) atoms. The van der Waals surface area contributed by atoms with Gasteiger partial charge in [-0.25, -0.2) is 31.5 Å². The highest BCUT2D eigenvalue weighted by Crippen LogP contribution is 2.49. The summed E-state index contributed by atoms with van der Waals surface area (Å²) < 4.78 is 178. The van der Waals surface area contributed by atoms with Gasteiger partial charge in [-0.05, 0) is 91.5 Å². The monoisotopic (exact) mass is 1290 g/mol.